The fourth-order valence-corrected chi connectivity index (χ4v) is 4.89. The lowest BCUT2D eigenvalue weighted by Crippen LogP contribution is -2.50. The molecule has 0 aliphatic heterocycles. The van der Waals surface area contributed by atoms with Crippen LogP contribution in [-0.4, -0.2) is 80.6 Å². The molecule has 252 valence electrons. The third-order valence-corrected chi connectivity index (χ3v) is 7.66. The first-order valence-electron chi connectivity index (χ1n) is 17.2. The van der Waals surface area contributed by atoms with Crippen LogP contribution < -0.4 is 0 Å². The summed E-state index contributed by atoms with van der Waals surface area (Å²) >= 11 is 0. The molecular formula is C35H66NO7+. The fourth-order valence-electron chi connectivity index (χ4n) is 4.89. The molecule has 2 unspecified atom stereocenters. The molecule has 0 aromatic carbocycles. The summed E-state index contributed by atoms with van der Waals surface area (Å²) in [5.74, 6) is -1.51. The quantitative estimate of drug-likeness (QED) is 0.0380. The van der Waals surface area contributed by atoms with Gasteiger partial charge < -0.3 is 23.8 Å². The van der Waals surface area contributed by atoms with Crippen molar-refractivity contribution in [3.05, 3.63) is 12.2 Å². The van der Waals surface area contributed by atoms with E-state index < -0.39 is 18.1 Å². The summed E-state index contributed by atoms with van der Waals surface area (Å²) in [6.07, 6.45) is 24.9. The van der Waals surface area contributed by atoms with Crippen molar-refractivity contribution in [3.8, 4) is 0 Å². The second kappa shape index (κ2) is 27.6. The van der Waals surface area contributed by atoms with Crippen molar-refractivity contribution < 1.29 is 38.2 Å². The van der Waals surface area contributed by atoms with Gasteiger partial charge >= 0.3 is 17.9 Å². The number of carboxylic acid groups (broad SMARTS) is 1. The zero-order valence-electron chi connectivity index (χ0n) is 28.4. The average molecular weight is 613 g/mol. The molecule has 0 aliphatic carbocycles. The van der Waals surface area contributed by atoms with Crippen molar-refractivity contribution in [2.45, 2.75) is 154 Å². The molecule has 0 fully saturated rings. The molecule has 43 heavy (non-hydrogen) atoms. The predicted octanol–water partition coefficient (Wildman–Crippen LogP) is 8.02. The number of allylic oxidation sites excluding steroid dienone is 2. The lowest BCUT2D eigenvalue weighted by atomic mass is 10.1. The van der Waals surface area contributed by atoms with Crippen molar-refractivity contribution in [2.75, 3.05) is 41.0 Å². The van der Waals surface area contributed by atoms with Crippen molar-refractivity contribution in [3.63, 3.8) is 0 Å². The number of quaternary nitrogens is 1. The van der Waals surface area contributed by atoms with Crippen LogP contribution in [0.3, 0.4) is 0 Å². The molecule has 0 bridgehead atoms. The lowest BCUT2D eigenvalue weighted by Gasteiger charge is -2.31. The number of carbonyl (C=O) groups excluding carboxylic acids is 2. The lowest BCUT2D eigenvalue weighted by molar-refractivity contribution is -0.887. The molecule has 1 N–H and O–H groups in total. The monoisotopic (exact) mass is 612 g/mol. The number of carboxylic acids is 1. The molecule has 0 saturated carbocycles. The van der Waals surface area contributed by atoms with E-state index in [2.05, 4.69) is 19.1 Å². The maximum absolute atomic E-state index is 12.5. The highest BCUT2D eigenvalue weighted by Gasteiger charge is 2.31. The topological polar surface area (TPSA) is 99.1 Å². The third kappa shape index (κ3) is 26.2. The summed E-state index contributed by atoms with van der Waals surface area (Å²) in [7, 11) is 5.49. The smallest absolute Gasteiger partial charge is 0.362 e. The maximum atomic E-state index is 12.5. The molecule has 2 atom stereocenters. The number of unbranched alkanes of at least 4 members (excludes halogenated alkanes) is 14. The molecule has 0 radical (unpaired) electrons. The summed E-state index contributed by atoms with van der Waals surface area (Å²) < 4.78 is 16.9. The number of nitrogens with zero attached hydrogens (tertiary/aromatic N) is 1. The first-order chi connectivity index (χ1) is 20.6. The van der Waals surface area contributed by atoms with Crippen molar-refractivity contribution >= 4 is 17.9 Å². The van der Waals surface area contributed by atoms with Crippen LogP contribution in [0.1, 0.15) is 142 Å². The zero-order chi connectivity index (χ0) is 32.2. The van der Waals surface area contributed by atoms with Crippen LogP contribution in [0.15, 0.2) is 12.2 Å². The minimum atomic E-state index is -0.879. The van der Waals surface area contributed by atoms with Gasteiger partial charge in [0.15, 0.2) is 12.1 Å². The van der Waals surface area contributed by atoms with Crippen molar-refractivity contribution in [2.24, 2.45) is 0 Å². The van der Waals surface area contributed by atoms with Crippen molar-refractivity contribution in [1.82, 2.24) is 0 Å². The van der Waals surface area contributed by atoms with Crippen LogP contribution in [0.2, 0.25) is 0 Å². The van der Waals surface area contributed by atoms with E-state index in [1.54, 1.807) is 0 Å². The second-order valence-electron chi connectivity index (χ2n) is 12.8. The fraction of sp³-hybridized carbons (Fsp3) is 0.857. The van der Waals surface area contributed by atoms with Crippen LogP contribution >= 0.6 is 0 Å². The average Bonchev–Trinajstić information content (AvgIpc) is 2.95. The Kier molecular flexibility index (Phi) is 26.4. The number of aliphatic carboxylic acids is 1. The molecule has 8 nitrogen and oxygen atoms in total. The van der Waals surface area contributed by atoms with Crippen LogP contribution in [0, 0.1) is 0 Å². The van der Waals surface area contributed by atoms with E-state index in [9.17, 15) is 19.5 Å². The van der Waals surface area contributed by atoms with E-state index in [1.165, 1.54) is 77.0 Å². The molecular weight excluding hydrogens is 546 g/mol. The Morgan fingerprint density at radius 1 is 0.674 bits per heavy atom. The maximum Gasteiger partial charge on any atom is 0.362 e. The van der Waals surface area contributed by atoms with Crippen LogP contribution in [0.5, 0.6) is 0 Å². The highest BCUT2D eigenvalue weighted by molar-refractivity contribution is 5.72. The summed E-state index contributed by atoms with van der Waals surface area (Å²) in [6, 6.07) is -0.607. The Morgan fingerprint density at radius 3 is 1.72 bits per heavy atom. The van der Waals surface area contributed by atoms with Gasteiger partial charge in [-0.05, 0) is 38.5 Å². The highest BCUT2D eigenvalue weighted by atomic mass is 16.6. The largest absolute Gasteiger partial charge is 0.477 e. The van der Waals surface area contributed by atoms with E-state index in [4.69, 9.17) is 14.2 Å². The van der Waals surface area contributed by atoms with Gasteiger partial charge in [-0.15, -0.1) is 0 Å². The number of hydrogen-bond donors (Lipinski definition) is 1. The Morgan fingerprint density at radius 2 is 1.19 bits per heavy atom. The summed E-state index contributed by atoms with van der Waals surface area (Å²) in [6.45, 7) is 4.47. The van der Waals surface area contributed by atoms with Gasteiger partial charge in [0.25, 0.3) is 0 Å². The van der Waals surface area contributed by atoms with Gasteiger partial charge in [0.1, 0.15) is 6.61 Å². The number of rotatable bonds is 30. The van der Waals surface area contributed by atoms with Crippen LogP contribution in [0.4, 0.5) is 0 Å². The predicted molar refractivity (Wildman–Crippen MR) is 174 cm³/mol. The van der Waals surface area contributed by atoms with E-state index in [0.717, 1.165) is 32.1 Å². The highest BCUT2D eigenvalue weighted by Crippen LogP contribution is 2.13. The number of likely N-dealkylation sites (N-methyl/N-ethyl adjacent to an activating group) is 1. The first kappa shape index (κ1) is 41.1. The second-order valence-corrected chi connectivity index (χ2v) is 12.8. The Bertz CT molecular complexity index is 732. The van der Waals surface area contributed by atoms with E-state index in [0.29, 0.717) is 19.3 Å². The van der Waals surface area contributed by atoms with Gasteiger partial charge in [0.05, 0.1) is 34.4 Å². The third-order valence-electron chi connectivity index (χ3n) is 7.66. The Balaban J connectivity index is 4.15. The zero-order valence-corrected chi connectivity index (χ0v) is 28.4. The van der Waals surface area contributed by atoms with Gasteiger partial charge in [-0.25, -0.2) is 4.79 Å². The number of esters is 2. The van der Waals surface area contributed by atoms with Gasteiger partial charge in [0, 0.05) is 19.3 Å². The van der Waals surface area contributed by atoms with Gasteiger partial charge in [-0.2, -0.15) is 0 Å². The molecule has 0 spiro atoms. The molecule has 0 amide bonds. The first-order valence-corrected chi connectivity index (χ1v) is 17.2. The number of carbonyl (C=O) groups is 3. The van der Waals surface area contributed by atoms with Gasteiger partial charge in [-0.1, -0.05) is 96.6 Å². The molecule has 0 aromatic rings. The van der Waals surface area contributed by atoms with Crippen LogP contribution in [0.25, 0.3) is 0 Å². The summed E-state index contributed by atoms with van der Waals surface area (Å²) in [5.41, 5.74) is 0. The molecule has 0 saturated heterocycles. The minimum absolute atomic E-state index is 0.0553. The van der Waals surface area contributed by atoms with E-state index >= 15 is 0 Å². The molecule has 0 aliphatic rings. The standard InChI is InChI=1S/C35H65NO7/c1-6-8-10-11-12-13-14-15-16-17-18-19-20-21-22-23-24-26-34(38)43-31(30-42-33(37)25-9-7-2)29-41-28-27-32(35(39)40)36(3,4)5/h15-16,31-32H,6-14,17-30H2,1-5H3/p+1/b16-15-. The number of ether oxygens (including phenoxy) is 3. The van der Waals surface area contributed by atoms with Crippen LogP contribution in [-0.2, 0) is 28.6 Å². The Labute approximate surface area is 263 Å². The SMILES string of the molecule is CCCCCCCC/C=C\CCCCCCCCCC(=O)OC(COCCC(C(=O)O)[N+](C)(C)C)COC(=O)CCCC. The molecule has 0 aromatic heterocycles. The number of hydrogen-bond acceptors (Lipinski definition) is 6. The van der Waals surface area contributed by atoms with E-state index in [1.807, 2.05) is 28.1 Å². The molecule has 8 heteroatoms. The molecule has 0 heterocycles. The van der Waals surface area contributed by atoms with E-state index in [-0.39, 0.29) is 36.2 Å². The van der Waals surface area contributed by atoms with Crippen molar-refractivity contribution in [1.29, 1.82) is 0 Å². The van der Waals surface area contributed by atoms with Gasteiger partial charge in [0.2, 0.25) is 0 Å². The molecule has 0 rings (SSSR count). The summed E-state index contributed by atoms with van der Waals surface area (Å²) in [5, 5.41) is 9.49. The Hall–Kier alpha value is -1.93. The van der Waals surface area contributed by atoms with Gasteiger partial charge in [-0.3, -0.25) is 9.59 Å². The minimum Gasteiger partial charge on any atom is -0.477 e. The normalized spacial score (nSPS) is 13.2. The summed E-state index contributed by atoms with van der Waals surface area (Å²) in [4.78, 5) is 36.0.